The largest absolute Gasteiger partial charge is 0.389 e. The molecule has 4 heterocycles. The van der Waals surface area contributed by atoms with E-state index in [-0.39, 0.29) is 5.56 Å². The number of nitrogens with two attached hydrogens (primary N) is 1. The second-order valence-electron chi connectivity index (χ2n) is 9.23. The van der Waals surface area contributed by atoms with E-state index < -0.39 is 0 Å². The number of aromatic nitrogens is 4. The summed E-state index contributed by atoms with van der Waals surface area (Å²) in [7, 11) is 0. The monoisotopic (exact) mass is 605 g/mol. The van der Waals surface area contributed by atoms with Gasteiger partial charge in [0, 0.05) is 15.6 Å². The number of hydrogen-bond donors (Lipinski definition) is 1. The topological polar surface area (TPSA) is 86.2 Å². The number of rotatable bonds is 2. The Balaban J connectivity index is 1.61. The van der Waals surface area contributed by atoms with Crippen molar-refractivity contribution < 1.29 is 0 Å². The Labute approximate surface area is 245 Å². The van der Waals surface area contributed by atoms with Gasteiger partial charge in [-0.3, -0.25) is 4.79 Å². The Kier molecular flexibility index (Phi) is 6.02. The molecule has 0 amide bonds. The van der Waals surface area contributed by atoms with Crippen LogP contribution in [0.1, 0.15) is 29.7 Å². The number of fused-ring (bicyclic) bond motifs is 5. The van der Waals surface area contributed by atoms with Crippen molar-refractivity contribution in [2.24, 2.45) is 0 Å². The van der Waals surface area contributed by atoms with Gasteiger partial charge in [0.05, 0.1) is 11.1 Å². The molecule has 7 rings (SSSR count). The van der Waals surface area contributed by atoms with Crippen molar-refractivity contribution >= 4 is 101 Å². The van der Waals surface area contributed by atoms with E-state index in [1.807, 2.05) is 48.5 Å². The third-order valence-electron chi connectivity index (χ3n) is 6.84. The van der Waals surface area contributed by atoms with Crippen molar-refractivity contribution in [3.05, 3.63) is 89.7 Å². The molecule has 0 fully saturated rings. The summed E-state index contributed by atoms with van der Waals surface area (Å²) in [6.07, 6.45) is 4.71. The molecule has 2 aromatic carbocycles. The van der Waals surface area contributed by atoms with E-state index in [2.05, 4.69) is 11.1 Å². The number of benzene rings is 2. The first-order valence-electron chi connectivity index (χ1n) is 12.1. The second-order valence-corrected chi connectivity index (χ2v) is 12.8. The number of anilines is 1. The van der Waals surface area contributed by atoms with Gasteiger partial charge in [0.1, 0.15) is 9.70 Å². The normalized spacial score (nSPS) is 14.5. The van der Waals surface area contributed by atoms with Crippen molar-refractivity contribution in [1.82, 2.24) is 19.4 Å². The number of thiazole rings is 1. The molecule has 0 bridgehead atoms. The zero-order chi connectivity index (χ0) is 26.8. The zero-order valence-corrected chi connectivity index (χ0v) is 24.0. The fourth-order valence-electron chi connectivity index (χ4n) is 5.16. The van der Waals surface area contributed by atoms with Gasteiger partial charge < -0.3 is 5.73 Å². The van der Waals surface area contributed by atoms with Gasteiger partial charge in [-0.05, 0) is 84.1 Å². The van der Waals surface area contributed by atoms with Gasteiger partial charge in [0.15, 0.2) is 15.2 Å². The lowest BCUT2D eigenvalue weighted by atomic mass is 9.84. The van der Waals surface area contributed by atoms with E-state index in [4.69, 9.17) is 51.1 Å². The van der Waals surface area contributed by atoms with Crippen molar-refractivity contribution in [3.63, 3.8) is 0 Å². The molecule has 192 valence electrons. The standard InChI is InChI=1S/C28H17Cl2N5OS3/c29-16-8-4-13(5-9-16)12-15-2-1-3-18-19(14-6-10-17(30)11-7-14)20-24(32-21(15)18)33-27-35(26(20)36)25-22(38-27)23(31)39-28(37)34-25/h4-12H,1-3,31H2/b15-12+. The number of pyridine rings is 1. The average molecular weight is 607 g/mol. The van der Waals surface area contributed by atoms with E-state index in [0.29, 0.717) is 45.3 Å². The molecule has 11 heteroatoms. The van der Waals surface area contributed by atoms with Crippen LogP contribution in [0.25, 0.3) is 49.1 Å². The molecule has 6 nitrogen and oxygen atoms in total. The van der Waals surface area contributed by atoms with Crippen LogP contribution in [0.15, 0.2) is 53.3 Å². The smallest absolute Gasteiger partial charge is 0.270 e. The van der Waals surface area contributed by atoms with Gasteiger partial charge in [-0.1, -0.05) is 70.1 Å². The Bertz CT molecular complexity index is 2110. The number of nitrogen functional groups attached to an aromatic ring is 1. The molecule has 0 saturated heterocycles. The predicted octanol–water partition coefficient (Wildman–Crippen LogP) is 8.08. The Morgan fingerprint density at radius 3 is 2.41 bits per heavy atom. The minimum atomic E-state index is -0.243. The first-order valence-corrected chi connectivity index (χ1v) is 14.9. The number of hydrogen-bond acceptors (Lipinski definition) is 8. The van der Waals surface area contributed by atoms with Crippen LogP contribution in [-0.4, -0.2) is 19.4 Å². The van der Waals surface area contributed by atoms with Crippen LogP contribution in [0.5, 0.6) is 0 Å². The first kappa shape index (κ1) is 24.8. The minimum Gasteiger partial charge on any atom is -0.389 e. The van der Waals surface area contributed by atoms with Crippen molar-refractivity contribution in [2.45, 2.75) is 19.3 Å². The van der Waals surface area contributed by atoms with Crippen LogP contribution in [0.4, 0.5) is 5.00 Å². The lowest BCUT2D eigenvalue weighted by molar-refractivity contribution is 0.815. The van der Waals surface area contributed by atoms with Crippen molar-refractivity contribution in [1.29, 1.82) is 0 Å². The summed E-state index contributed by atoms with van der Waals surface area (Å²) in [5.74, 6) is 0. The van der Waals surface area contributed by atoms with Crippen molar-refractivity contribution in [2.75, 3.05) is 5.73 Å². The molecule has 1 aliphatic rings. The third kappa shape index (κ3) is 4.16. The third-order valence-corrected chi connectivity index (χ3v) is 9.56. The van der Waals surface area contributed by atoms with Crippen LogP contribution in [0, 0.1) is 3.95 Å². The first-order chi connectivity index (χ1) is 18.9. The average Bonchev–Trinajstić information content (AvgIpc) is 3.29. The highest BCUT2D eigenvalue weighted by Gasteiger charge is 2.26. The fourth-order valence-corrected chi connectivity index (χ4v) is 7.42. The number of nitrogens with zero attached hydrogens (tertiary/aromatic N) is 4. The minimum absolute atomic E-state index is 0.243. The van der Waals surface area contributed by atoms with Crippen LogP contribution in [0.2, 0.25) is 10.0 Å². The Hall–Kier alpha value is -3.21. The van der Waals surface area contributed by atoms with E-state index in [1.54, 1.807) is 0 Å². The zero-order valence-electron chi connectivity index (χ0n) is 20.1. The molecular weight excluding hydrogens is 589 g/mol. The summed E-state index contributed by atoms with van der Waals surface area (Å²) in [5.41, 5.74) is 12.6. The maximum absolute atomic E-state index is 14.3. The van der Waals surface area contributed by atoms with Gasteiger partial charge in [-0.2, -0.15) is 4.98 Å². The highest BCUT2D eigenvalue weighted by Crippen LogP contribution is 2.41. The summed E-state index contributed by atoms with van der Waals surface area (Å²) >= 11 is 20.2. The summed E-state index contributed by atoms with van der Waals surface area (Å²) in [6.45, 7) is 0. The number of allylic oxidation sites excluding steroid dienone is 1. The van der Waals surface area contributed by atoms with Crippen LogP contribution in [0.3, 0.4) is 0 Å². The van der Waals surface area contributed by atoms with E-state index in [0.717, 1.165) is 52.8 Å². The summed E-state index contributed by atoms with van der Waals surface area (Å²) < 4.78 is 2.57. The van der Waals surface area contributed by atoms with Gasteiger partial charge in [-0.15, -0.1) is 0 Å². The molecule has 1 aliphatic carbocycles. The molecule has 0 radical (unpaired) electrons. The highest BCUT2D eigenvalue weighted by molar-refractivity contribution is 7.73. The second kappa shape index (κ2) is 9.46. The molecule has 0 spiro atoms. The molecule has 6 aromatic rings. The fraction of sp³-hybridized carbons (Fsp3) is 0.107. The molecule has 0 aliphatic heterocycles. The van der Waals surface area contributed by atoms with Gasteiger partial charge >= 0.3 is 0 Å². The Morgan fingerprint density at radius 2 is 1.67 bits per heavy atom. The lowest BCUT2D eigenvalue weighted by Gasteiger charge is -2.23. The number of halogens is 2. The molecule has 0 atom stereocenters. The molecule has 0 saturated carbocycles. The Morgan fingerprint density at radius 1 is 0.949 bits per heavy atom. The van der Waals surface area contributed by atoms with Crippen LogP contribution >= 0.6 is 58.1 Å². The van der Waals surface area contributed by atoms with Crippen molar-refractivity contribution in [3.8, 4) is 11.1 Å². The molecular formula is C28H17Cl2N5OS3. The SMILES string of the molecule is Nc1sc(=S)nc2c1sc1nc3nc4c(c(-c5ccc(Cl)cc5)c3c(=O)n12)CCC/C4=C\c1ccc(Cl)cc1. The van der Waals surface area contributed by atoms with E-state index in [1.165, 1.54) is 27.1 Å². The van der Waals surface area contributed by atoms with Crippen LogP contribution in [-0.2, 0) is 6.42 Å². The summed E-state index contributed by atoms with van der Waals surface area (Å²) in [5, 5.41) is 2.27. The quantitative estimate of drug-likeness (QED) is 0.201. The van der Waals surface area contributed by atoms with Gasteiger partial charge in [0.2, 0.25) is 4.96 Å². The van der Waals surface area contributed by atoms with E-state index in [9.17, 15) is 4.79 Å². The molecule has 4 aromatic heterocycles. The maximum atomic E-state index is 14.3. The summed E-state index contributed by atoms with van der Waals surface area (Å²) in [6, 6.07) is 15.3. The predicted molar refractivity (Wildman–Crippen MR) is 166 cm³/mol. The molecule has 2 N–H and O–H groups in total. The lowest BCUT2D eigenvalue weighted by Crippen LogP contribution is -2.18. The van der Waals surface area contributed by atoms with Gasteiger partial charge in [-0.25, -0.2) is 14.4 Å². The summed E-state index contributed by atoms with van der Waals surface area (Å²) in [4.78, 5) is 29.1. The van der Waals surface area contributed by atoms with Gasteiger partial charge in [0.25, 0.3) is 5.56 Å². The molecule has 39 heavy (non-hydrogen) atoms. The molecule has 0 unspecified atom stereocenters. The van der Waals surface area contributed by atoms with E-state index >= 15 is 0 Å². The highest BCUT2D eigenvalue weighted by atomic mass is 35.5. The maximum Gasteiger partial charge on any atom is 0.270 e. The van der Waals surface area contributed by atoms with Crippen LogP contribution < -0.4 is 11.3 Å².